The molecule has 10 rings (SSSR count). The van der Waals surface area contributed by atoms with E-state index in [4.69, 9.17) is 19.4 Å². The molecule has 3 unspecified atom stereocenters. The summed E-state index contributed by atoms with van der Waals surface area (Å²) in [6, 6.07) is 8.84. The fourth-order valence-corrected chi connectivity index (χ4v) is 10.8. The molecule has 2 N–H and O–H groups in total. The number of likely N-dealkylation sites (tertiary alicyclic amines) is 1. The zero-order valence-corrected chi connectivity index (χ0v) is 30.2. The Hall–Kier alpha value is -3.87. The van der Waals surface area contributed by atoms with Gasteiger partial charge in [-0.3, -0.25) is 4.90 Å². The standard InChI is InChI=1S/C41H47F3N6O3/c1-2-24-7-6-8-25-13-28(51)14-29(32(24)25)33-35(43)37-34-38(36(33)44)52-21-31-30-10-9-27(45-30)20-50(31)39(34)47-40(46-37)53-22-41-15-23(17-48-11-4-3-5-12-48)18-49(41)19-26(42)16-41/h6-8,13-14,23,26-27,30-31,45,51H,2-5,9-12,15-22H2,1H3/t23-,26-,27?,30?,31?,41-/m1/s1. The van der Waals surface area contributed by atoms with E-state index in [1.54, 1.807) is 6.07 Å². The maximum Gasteiger partial charge on any atom is 0.319 e. The van der Waals surface area contributed by atoms with Crippen molar-refractivity contribution in [2.24, 2.45) is 5.92 Å². The molecule has 53 heavy (non-hydrogen) atoms. The number of aromatic hydroxyl groups is 1. The maximum atomic E-state index is 17.4. The number of halogens is 3. The van der Waals surface area contributed by atoms with E-state index < -0.39 is 23.3 Å². The van der Waals surface area contributed by atoms with Crippen LogP contribution in [-0.2, 0) is 6.42 Å². The number of aryl methyl sites for hydroxylation is 1. The van der Waals surface area contributed by atoms with Crippen LogP contribution < -0.4 is 19.7 Å². The number of benzene rings is 3. The number of piperazine rings is 1. The van der Waals surface area contributed by atoms with Crippen molar-refractivity contribution in [2.45, 2.75) is 88.1 Å². The Labute approximate surface area is 307 Å². The second kappa shape index (κ2) is 12.9. The first-order chi connectivity index (χ1) is 25.8. The highest BCUT2D eigenvalue weighted by atomic mass is 19.1. The summed E-state index contributed by atoms with van der Waals surface area (Å²) >= 11 is 0. The number of phenolic OH excluding ortho intramolecular Hbond substituents is 1. The molecule has 7 heterocycles. The molecule has 0 saturated carbocycles. The zero-order valence-electron chi connectivity index (χ0n) is 30.2. The first kappa shape index (κ1) is 33.7. The third kappa shape index (κ3) is 5.53. The summed E-state index contributed by atoms with van der Waals surface area (Å²) in [6.45, 7) is 7.41. The van der Waals surface area contributed by atoms with E-state index in [9.17, 15) is 5.11 Å². The van der Waals surface area contributed by atoms with Gasteiger partial charge in [-0.05, 0) is 91.6 Å². The van der Waals surface area contributed by atoms with E-state index >= 15 is 13.2 Å². The minimum atomic E-state index is -0.943. The van der Waals surface area contributed by atoms with Crippen molar-refractivity contribution in [3.63, 3.8) is 0 Å². The van der Waals surface area contributed by atoms with Crippen LogP contribution in [-0.4, -0.2) is 107 Å². The predicted molar refractivity (Wildman–Crippen MR) is 198 cm³/mol. The van der Waals surface area contributed by atoms with Gasteiger partial charge in [-0.15, -0.1) is 0 Å². The summed E-state index contributed by atoms with van der Waals surface area (Å²) in [5.41, 5.74) is 0.241. The van der Waals surface area contributed by atoms with Gasteiger partial charge >= 0.3 is 6.01 Å². The van der Waals surface area contributed by atoms with Crippen molar-refractivity contribution >= 4 is 27.5 Å². The van der Waals surface area contributed by atoms with E-state index in [0.29, 0.717) is 48.4 Å². The topological polar surface area (TPSA) is 86.2 Å². The van der Waals surface area contributed by atoms with Gasteiger partial charge in [0.1, 0.15) is 36.5 Å². The Morgan fingerprint density at radius 3 is 2.74 bits per heavy atom. The lowest BCUT2D eigenvalue weighted by Crippen LogP contribution is -2.60. The van der Waals surface area contributed by atoms with Gasteiger partial charge < -0.3 is 29.7 Å². The molecule has 0 aliphatic carbocycles. The molecule has 3 aromatic carbocycles. The summed E-state index contributed by atoms with van der Waals surface area (Å²) in [5.74, 6) is -1.08. The molecule has 0 radical (unpaired) electrons. The number of ether oxygens (including phenoxy) is 2. The largest absolute Gasteiger partial charge is 0.508 e. The smallest absolute Gasteiger partial charge is 0.319 e. The predicted octanol–water partition coefficient (Wildman–Crippen LogP) is 6.37. The van der Waals surface area contributed by atoms with Gasteiger partial charge in [0.15, 0.2) is 17.4 Å². The highest BCUT2D eigenvalue weighted by Gasteiger charge is 2.53. The molecule has 280 valence electrons. The fourth-order valence-electron chi connectivity index (χ4n) is 10.8. The van der Waals surface area contributed by atoms with Crippen molar-refractivity contribution in [1.82, 2.24) is 25.1 Å². The van der Waals surface area contributed by atoms with Gasteiger partial charge in [0.05, 0.1) is 22.5 Å². The van der Waals surface area contributed by atoms with Crippen LogP contribution in [0, 0.1) is 17.6 Å². The lowest BCUT2D eigenvalue weighted by atomic mass is 9.90. The monoisotopic (exact) mass is 728 g/mol. The number of hydrogen-bond donors (Lipinski definition) is 2. The lowest BCUT2D eigenvalue weighted by Gasteiger charge is -2.40. The molecular formula is C41H47F3N6O3. The lowest BCUT2D eigenvalue weighted by molar-refractivity contribution is 0.107. The zero-order chi connectivity index (χ0) is 36.0. The summed E-state index contributed by atoms with van der Waals surface area (Å²) in [6.07, 6.45) is 6.56. The number of anilines is 1. The van der Waals surface area contributed by atoms with Crippen LogP contribution in [0.15, 0.2) is 30.3 Å². The average Bonchev–Trinajstić information content (AvgIpc) is 3.75. The van der Waals surface area contributed by atoms with Crippen molar-refractivity contribution in [1.29, 1.82) is 0 Å². The second-order valence-electron chi connectivity index (χ2n) is 16.5. The third-order valence-electron chi connectivity index (χ3n) is 13.1. The van der Waals surface area contributed by atoms with Gasteiger partial charge in [0, 0.05) is 44.7 Å². The fraction of sp³-hybridized carbons (Fsp3) is 0.561. The molecule has 9 nitrogen and oxygen atoms in total. The first-order valence-corrected chi connectivity index (χ1v) is 19.7. The Balaban J connectivity index is 1.09. The van der Waals surface area contributed by atoms with Crippen LogP contribution in [0.2, 0.25) is 0 Å². The number of alkyl halides is 1. The number of nitrogens with zero attached hydrogens (tertiary/aromatic N) is 5. The van der Waals surface area contributed by atoms with E-state index in [1.165, 1.54) is 25.3 Å². The minimum absolute atomic E-state index is 0.00688. The summed E-state index contributed by atoms with van der Waals surface area (Å²) < 4.78 is 62.5. The van der Waals surface area contributed by atoms with Gasteiger partial charge in [-0.1, -0.05) is 31.5 Å². The highest BCUT2D eigenvalue weighted by Crippen LogP contribution is 2.49. The number of rotatable bonds is 7. The third-order valence-corrected chi connectivity index (χ3v) is 13.1. The summed E-state index contributed by atoms with van der Waals surface area (Å²) in [7, 11) is 0. The SMILES string of the molecule is CCc1cccc2cc(O)cc(-c3c(F)c4c5c(nc(OC[C@@]67C[C@@H](F)CN6C[C@@H](CN6CCCCC6)C7)nc5c3F)N3CC5CCC(N5)C3CO4)c12. The molecule has 5 saturated heterocycles. The molecule has 1 aromatic heterocycles. The number of phenols is 1. The Morgan fingerprint density at radius 2 is 1.89 bits per heavy atom. The Kier molecular flexibility index (Phi) is 8.18. The number of fused-ring (bicyclic) bond motifs is 7. The average molecular weight is 729 g/mol. The van der Waals surface area contributed by atoms with E-state index in [2.05, 4.69) is 20.0 Å². The highest BCUT2D eigenvalue weighted by molar-refractivity contribution is 6.05. The van der Waals surface area contributed by atoms with Crippen LogP contribution in [0.4, 0.5) is 19.0 Å². The van der Waals surface area contributed by atoms with Gasteiger partial charge in [0.2, 0.25) is 0 Å². The number of hydrogen-bond acceptors (Lipinski definition) is 9. The minimum Gasteiger partial charge on any atom is -0.508 e. The maximum absolute atomic E-state index is 17.4. The molecule has 12 heteroatoms. The molecule has 0 amide bonds. The van der Waals surface area contributed by atoms with Crippen molar-refractivity contribution < 1.29 is 27.8 Å². The number of piperidine rings is 1. The molecule has 6 aliphatic heterocycles. The summed E-state index contributed by atoms with van der Waals surface area (Å²) in [5, 5.41) is 16.0. The molecule has 2 bridgehead atoms. The van der Waals surface area contributed by atoms with Crippen LogP contribution in [0.3, 0.4) is 0 Å². The molecule has 6 atom stereocenters. The van der Waals surface area contributed by atoms with Crippen molar-refractivity contribution in [2.75, 3.05) is 57.4 Å². The van der Waals surface area contributed by atoms with E-state index in [0.717, 1.165) is 51.0 Å². The molecule has 4 aromatic rings. The van der Waals surface area contributed by atoms with Crippen LogP contribution >= 0.6 is 0 Å². The quantitative estimate of drug-likeness (QED) is 0.226. The van der Waals surface area contributed by atoms with E-state index in [-0.39, 0.29) is 70.9 Å². The number of nitrogens with one attached hydrogen (secondary N) is 1. The molecule has 0 spiro atoms. The Bertz CT molecular complexity index is 2100. The number of aromatic nitrogens is 2. The first-order valence-electron chi connectivity index (χ1n) is 19.7. The van der Waals surface area contributed by atoms with Crippen molar-refractivity contribution in [3.05, 3.63) is 47.5 Å². The van der Waals surface area contributed by atoms with Gasteiger partial charge in [-0.25, -0.2) is 13.2 Å². The van der Waals surface area contributed by atoms with Crippen LogP contribution in [0.25, 0.3) is 32.8 Å². The normalized spacial score (nSPS) is 29.7. The molecule has 5 fully saturated rings. The molecule has 6 aliphatic rings. The summed E-state index contributed by atoms with van der Waals surface area (Å²) in [4.78, 5) is 16.6. The van der Waals surface area contributed by atoms with Gasteiger partial charge in [0.25, 0.3) is 0 Å². The van der Waals surface area contributed by atoms with Crippen LogP contribution in [0.1, 0.15) is 57.4 Å². The second-order valence-corrected chi connectivity index (χ2v) is 16.5. The van der Waals surface area contributed by atoms with E-state index in [1.807, 2.05) is 25.1 Å². The molecular weight excluding hydrogens is 681 g/mol. The Morgan fingerprint density at radius 1 is 1.02 bits per heavy atom. The van der Waals surface area contributed by atoms with Crippen molar-refractivity contribution in [3.8, 4) is 28.6 Å². The van der Waals surface area contributed by atoms with Gasteiger partial charge in [-0.2, -0.15) is 9.97 Å². The van der Waals surface area contributed by atoms with Crippen LogP contribution in [0.5, 0.6) is 17.5 Å².